The number of fused-ring (bicyclic) bond motifs is 1. The van der Waals surface area contributed by atoms with Crippen LogP contribution in [0.5, 0.6) is 5.75 Å². The molecular formula is C38H24F8O. The van der Waals surface area contributed by atoms with Crippen molar-refractivity contribution in [3.63, 3.8) is 0 Å². The van der Waals surface area contributed by atoms with Crippen LogP contribution in [0, 0.1) is 34.9 Å². The van der Waals surface area contributed by atoms with Gasteiger partial charge in [0.15, 0.2) is 29.1 Å². The number of hydrogen-bond donors (Lipinski definition) is 0. The van der Waals surface area contributed by atoms with Gasteiger partial charge in [0.1, 0.15) is 11.6 Å². The minimum Gasteiger partial charge on any atom is -0.429 e. The summed E-state index contributed by atoms with van der Waals surface area (Å²) in [7, 11) is 0. The van der Waals surface area contributed by atoms with Gasteiger partial charge < -0.3 is 4.74 Å². The Bertz CT molecular complexity index is 2070. The summed E-state index contributed by atoms with van der Waals surface area (Å²) >= 11 is 0. The number of halogens is 8. The predicted molar refractivity (Wildman–Crippen MR) is 165 cm³/mol. The molecule has 47 heavy (non-hydrogen) atoms. The first-order valence-electron chi connectivity index (χ1n) is 14.6. The van der Waals surface area contributed by atoms with E-state index in [2.05, 4.69) is 11.7 Å². The molecule has 0 aliphatic carbocycles. The van der Waals surface area contributed by atoms with Gasteiger partial charge in [-0.25, -0.2) is 26.3 Å². The van der Waals surface area contributed by atoms with Crippen molar-refractivity contribution >= 4 is 10.8 Å². The molecule has 0 N–H and O–H groups in total. The quantitative estimate of drug-likeness (QED) is 0.118. The zero-order valence-corrected chi connectivity index (χ0v) is 24.7. The van der Waals surface area contributed by atoms with E-state index in [1.165, 1.54) is 42.5 Å². The van der Waals surface area contributed by atoms with Gasteiger partial charge in [-0.15, -0.1) is 0 Å². The van der Waals surface area contributed by atoms with E-state index in [0.29, 0.717) is 34.4 Å². The highest BCUT2D eigenvalue weighted by molar-refractivity contribution is 5.92. The molecule has 0 heterocycles. The van der Waals surface area contributed by atoms with Crippen molar-refractivity contribution in [3.05, 3.63) is 149 Å². The van der Waals surface area contributed by atoms with Crippen molar-refractivity contribution in [2.45, 2.75) is 25.9 Å². The Balaban J connectivity index is 1.24. The van der Waals surface area contributed by atoms with Gasteiger partial charge in [-0.05, 0) is 57.8 Å². The number of ether oxygens (including phenoxy) is 1. The molecule has 0 bridgehead atoms. The SMILES string of the molecule is CCCc1ccc(-c2ccc3cc(-c4ccc(-c5ccc(C(F)(F)Oc6cc(F)c(F)c(F)c6)cc5)cc4)c(F)c(F)c3c2F)cc1. The average Bonchev–Trinajstić information content (AvgIpc) is 3.06. The molecular weight excluding hydrogens is 624 g/mol. The Hall–Kier alpha value is -5.18. The van der Waals surface area contributed by atoms with Crippen molar-refractivity contribution in [1.29, 1.82) is 0 Å². The largest absolute Gasteiger partial charge is 0.429 e. The monoisotopic (exact) mass is 648 g/mol. The van der Waals surface area contributed by atoms with E-state index in [4.69, 9.17) is 0 Å². The highest BCUT2D eigenvalue weighted by atomic mass is 19.3. The molecule has 0 saturated carbocycles. The van der Waals surface area contributed by atoms with Crippen LogP contribution in [0.25, 0.3) is 44.2 Å². The van der Waals surface area contributed by atoms with Gasteiger partial charge in [-0.2, -0.15) is 8.78 Å². The summed E-state index contributed by atoms with van der Waals surface area (Å²) < 4.78 is 120. The molecule has 0 saturated heterocycles. The van der Waals surface area contributed by atoms with Crippen molar-refractivity contribution in [1.82, 2.24) is 0 Å². The Kier molecular flexibility index (Phi) is 8.49. The van der Waals surface area contributed by atoms with E-state index in [0.717, 1.165) is 30.5 Å². The number of rotatable bonds is 8. The number of alkyl halides is 2. The van der Waals surface area contributed by atoms with Gasteiger partial charge in [0, 0.05) is 23.3 Å². The van der Waals surface area contributed by atoms with Crippen LogP contribution in [0.3, 0.4) is 0 Å². The molecule has 0 unspecified atom stereocenters. The molecule has 0 spiro atoms. The maximum atomic E-state index is 15.6. The normalized spacial score (nSPS) is 11.7. The smallest absolute Gasteiger partial charge is 0.426 e. The van der Waals surface area contributed by atoms with Crippen molar-refractivity contribution in [2.24, 2.45) is 0 Å². The second-order valence-corrected chi connectivity index (χ2v) is 11.0. The highest BCUT2D eigenvalue weighted by Gasteiger charge is 2.35. The van der Waals surface area contributed by atoms with E-state index in [9.17, 15) is 22.0 Å². The van der Waals surface area contributed by atoms with Crippen LogP contribution in [-0.4, -0.2) is 0 Å². The summed E-state index contributed by atoms with van der Waals surface area (Å²) in [4.78, 5) is 0. The van der Waals surface area contributed by atoms with Gasteiger partial charge in [0.05, 0.1) is 10.9 Å². The van der Waals surface area contributed by atoms with Crippen LogP contribution >= 0.6 is 0 Å². The van der Waals surface area contributed by atoms with Crippen molar-refractivity contribution in [2.75, 3.05) is 0 Å². The van der Waals surface area contributed by atoms with Gasteiger partial charge in [0.25, 0.3) is 0 Å². The minimum atomic E-state index is -4.00. The fourth-order valence-corrected chi connectivity index (χ4v) is 5.45. The Labute approximate surface area is 264 Å². The molecule has 0 aliphatic heterocycles. The maximum Gasteiger partial charge on any atom is 0.426 e. The van der Waals surface area contributed by atoms with Crippen molar-refractivity contribution < 1.29 is 39.9 Å². The summed E-state index contributed by atoms with van der Waals surface area (Å²) in [5.41, 5.74) is 2.41. The lowest BCUT2D eigenvalue weighted by Crippen LogP contribution is -2.22. The number of hydrogen-bond acceptors (Lipinski definition) is 1. The summed E-state index contributed by atoms with van der Waals surface area (Å²) in [5, 5.41) is -0.273. The molecule has 0 atom stereocenters. The predicted octanol–water partition coefficient (Wildman–Crippen LogP) is 11.8. The Morgan fingerprint density at radius 2 is 1.06 bits per heavy atom. The second-order valence-electron chi connectivity index (χ2n) is 11.0. The molecule has 238 valence electrons. The molecule has 0 fully saturated rings. The second kappa shape index (κ2) is 12.5. The summed E-state index contributed by atoms with van der Waals surface area (Å²) in [6.45, 7) is 2.05. The topological polar surface area (TPSA) is 9.23 Å². The number of benzene rings is 6. The molecule has 9 heteroatoms. The molecule has 1 nitrogen and oxygen atoms in total. The number of aryl methyl sites for hydroxylation is 1. The molecule has 0 radical (unpaired) electrons. The molecule has 6 rings (SSSR count). The van der Waals surface area contributed by atoms with E-state index < -0.39 is 57.7 Å². The first-order valence-corrected chi connectivity index (χ1v) is 14.6. The third kappa shape index (κ3) is 6.17. The van der Waals surface area contributed by atoms with Crippen LogP contribution in [0.2, 0.25) is 0 Å². The first-order chi connectivity index (χ1) is 22.5. The summed E-state index contributed by atoms with van der Waals surface area (Å²) in [6, 6.07) is 23.3. The highest BCUT2D eigenvalue weighted by Crippen LogP contribution is 2.38. The molecule has 0 aromatic heterocycles. The Morgan fingerprint density at radius 3 is 1.66 bits per heavy atom. The fourth-order valence-electron chi connectivity index (χ4n) is 5.45. The standard InChI is InChI=1S/C38H24F8O/c1-2-3-21-4-6-24(7-5-21)29-17-14-26-18-30(35(42)37(44)33(26)34(29)41)25-10-8-22(9-11-25)23-12-15-27(16-13-23)38(45,46)47-28-19-31(39)36(43)32(40)20-28/h4-20H,2-3H2,1H3. The van der Waals surface area contributed by atoms with E-state index in [-0.39, 0.29) is 16.5 Å². The third-order valence-corrected chi connectivity index (χ3v) is 7.88. The van der Waals surface area contributed by atoms with Gasteiger partial charge in [-0.1, -0.05) is 86.1 Å². The minimum absolute atomic E-state index is 0.0848. The maximum absolute atomic E-state index is 15.6. The van der Waals surface area contributed by atoms with Gasteiger partial charge in [-0.3, -0.25) is 0 Å². The van der Waals surface area contributed by atoms with Crippen LogP contribution < -0.4 is 4.74 Å². The zero-order valence-electron chi connectivity index (χ0n) is 24.7. The van der Waals surface area contributed by atoms with E-state index in [1.807, 2.05) is 12.1 Å². The molecule has 0 amide bonds. The van der Waals surface area contributed by atoms with Crippen LogP contribution in [-0.2, 0) is 12.5 Å². The average molecular weight is 649 g/mol. The van der Waals surface area contributed by atoms with Gasteiger partial charge >= 0.3 is 6.11 Å². The molecule has 6 aromatic rings. The first kappa shape index (κ1) is 31.8. The molecule has 0 aliphatic rings. The summed E-state index contributed by atoms with van der Waals surface area (Å²) in [5.74, 6) is -9.45. The lowest BCUT2D eigenvalue weighted by atomic mass is 9.94. The van der Waals surface area contributed by atoms with Gasteiger partial charge in [0.2, 0.25) is 0 Å². The van der Waals surface area contributed by atoms with E-state index in [1.54, 1.807) is 24.3 Å². The van der Waals surface area contributed by atoms with Crippen LogP contribution in [0.4, 0.5) is 35.1 Å². The van der Waals surface area contributed by atoms with E-state index >= 15 is 13.2 Å². The summed E-state index contributed by atoms with van der Waals surface area (Å²) in [6.07, 6.45) is -2.17. The van der Waals surface area contributed by atoms with Crippen LogP contribution in [0.15, 0.2) is 103 Å². The third-order valence-electron chi connectivity index (χ3n) is 7.88. The lowest BCUT2D eigenvalue weighted by Gasteiger charge is -2.19. The molecule has 6 aromatic carbocycles. The lowest BCUT2D eigenvalue weighted by molar-refractivity contribution is -0.185. The zero-order chi connectivity index (χ0) is 33.5. The fraction of sp³-hybridized carbons (Fsp3) is 0.105. The van der Waals surface area contributed by atoms with Crippen LogP contribution in [0.1, 0.15) is 24.5 Å². The Morgan fingerprint density at radius 1 is 0.532 bits per heavy atom. The van der Waals surface area contributed by atoms with Crippen molar-refractivity contribution in [3.8, 4) is 39.1 Å².